The van der Waals surface area contributed by atoms with Gasteiger partial charge in [-0.05, 0) is 30.2 Å². The molecule has 0 radical (unpaired) electrons. The molecule has 0 atom stereocenters. The van der Waals surface area contributed by atoms with Gasteiger partial charge in [0.2, 0.25) is 0 Å². The van der Waals surface area contributed by atoms with Gasteiger partial charge in [-0.25, -0.2) is 4.98 Å². The molecule has 0 fully saturated rings. The van der Waals surface area contributed by atoms with E-state index in [1.54, 1.807) is 11.3 Å². The Morgan fingerprint density at radius 3 is 2.68 bits per heavy atom. The van der Waals surface area contributed by atoms with Gasteiger partial charge in [-0.3, -0.25) is 4.79 Å². The molecule has 1 aromatic carbocycles. The summed E-state index contributed by atoms with van der Waals surface area (Å²) in [6, 6.07) is 6.18. The molecule has 3 nitrogen and oxygen atoms in total. The Morgan fingerprint density at radius 2 is 2.09 bits per heavy atom. The van der Waals surface area contributed by atoms with Crippen LogP contribution in [0.3, 0.4) is 0 Å². The average Bonchev–Trinajstić information content (AvgIpc) is 2.94. The number of amides is 1. The lowest BCUT2D eigenvalue weighted by atomic mass is 9.98. The third-order valence-electron chi connectivity index (χ3n) is 3.83. The number of fused-ring (bicyclic) bond motifs is 1. The topological polar surface area (TPSA) is 33.2 Å². The first kappa shape index (κ1) is 15.7. The number of nitrogens with zero attached hydrogens (tertiary/aromatic N) is 2. The van der Waals surface area contributed by atoms with Gasteiger partial charge in [0.25, 0.3) is 5.91 Å². The van der Waals surface area contributed by atoms with Crippen LogP contribution < -0.4 is 0 Å². The smallest absolute Gasteiger partial charge is 0.266 e. The van der Waals surface area contributed by atoms with Crippen LogP contribution in [0.1, 0.15) is 52.3 Å². The van der Waals surface area contributed by atoms with E-state index in [-0.39, 0.29) is 11.3 Å². The van der Waals surface area contributed by atoms with Crippen molar-refractivity contribution in [2.45, 2.75) is 46.2 Å². The minimum Gasteiger partial charge on any atom is -0.328 e. The second-order valence-electron chi connectivity index (χ2n) is 6.78. The van der Waals surface area contributed by atoms with E-state index in [2.05, 4.69) is 60.7 Å². The summed E-state index contributed by atoms with van der Waals surface area (Å²) in [5, 5.41) is 1.05. The van der Waals surface area contributed by atoms with Gasteiger partial charge in [0, 0.05) is 16.4 Å². The average molecular weight is 379 g/mol. The molecule has 3 rings (SSSR count). The molecule has 2 aromatic rings. The molecule has 22 heavy (non-hydrogen) atoms. The van der Waals surface area contributed by atoms with Crippen molar-refractivity contribution in [1.29, 1.82) is 0 Å². The van der Waals surface area contributed by atoms with Crippen molar-refractivity contribution >= 4 is 33.2 Å². The van der Waals surface area contributed by atoms with Gasteiger partial charge in [0.05, 0.1) is 17.2 Å². The quantitative estimate of drug-likeness (QED) is 0.760. The zero-order valence-electron chi connectivity index (χ0n) is 13.2. The lowest BCUT2D eigenvalue weighted by Crippen LogP contribution is -2.24. The maximum Gasteiger partial charge on any atom is 0.266 e. The third kappa shape index (κ3) is 2.84. The third-order valence-corrected chi connectivity index (χ3v) is 5.83. The normalized spacial score (nSPS) is 14.6. The standard InChI is InChI=1S/C17H19BrN2OS/c1-10-7-12(18)6-5-11(10)8-20-9-13-14(15(20)21)22-16(19-13)17(2,3)4/h5-7H,8-9H2,1-4H3. The molecule has 0 saturated heterocycles. The van der Waals surface area contributed by atoms with E-state index >= 15 is 0 Å². The number of benzene rings is 1. The summed E-state index contributed by atoms with van der Waals surface area (Å²) in [7, 11) is 0. The van der Waals surface area contributed by atoms with Gasteiger partial charge < -0.3 is 4.90 Å². The van der Waals surface area contributed by atoms with Crippen molar-refractivity contribution in [2.75, 3.05) is 0 Å². The molecule has 116 valence electrons. The SMILES string of the molecule is Cc1cc(Br)ccc1CN1Cc2nc(C(C)(C)C)sc2C1=O. The maximum absolute atomic E-state index is 12.6. The number of hydrogen-bond donors (Lipinski definition) is 0. The van der Waals surface area contributed by atoms with E-state index in [9.17, 15) is 4.79 Å². The van der Waals surface area contributed by atoms with Crippen LogP contribution in [0.25, 0.3) is 0 Å². The van der Waals surface area contributed by atoms with Crippen molar-refractivity contribution in [3.05, 3.63) is 49.4 Å². The predicted molar refractivity (Wildman–Crippen MR) is 93.3 cm³/mol. The molecule has 2 heterocycles. The highest BCUT2D eigenvalue weighted by Crippen LogP contribution is 2.35. The highest BCUT2D eigenvalue weighted by atomic mass is 79.9. The molecule has 1 aromatic heterocycles. The van der Waals surface area contributed by atoms with Crippen LogP contribution >= 0.6 is 27.3 Å². The summed E-state index contributed by atoms with van der Waals surface area (Å²) < 4.78 is 1.07. The number of hydrogen-bond acceptors (Lipinski definition) is 3. The minimum atomic E-state index is 0.00239. The largest absolute Gasteiger partial charge is 0.328 e. The number of carbonyl (C=O) groups is 1. The molecular formula is C17H19BrN2OS. The van der Waals surface area contributed by atoms with Crippen LogP contribution in [0.4, 0.5) is 0 Å². The monoisotopic (exact) mass is 378 g/mol. The van der Waals surface area contributed by atoms with E-state index in [4.69, 9.17) is 0 Å². The first-order chi connectivity index (χ1) is 10.3. The van der Waals surface area contributed by atoms with Crippen molar-refractivity contribution in [1.82, 2.24) is 9.88 Å². The summed E-state index contributed by atoms with van der Waals surface area (Å²) in [4.78, 5) is 20.0. The van der Waals surface area contributed by atoms with Crippen LogP contribution in [0.15, 0.2) is 22.7 Å². The van der Waals surface area contributed by atoms with Gasteiger partial charge in [-0.15, -0.1) is 11.3 Å². The molecule has 0 unspecified atom stereocenters. The van der Waals surface area contributed by atoms with Crippen molar-refractivity contribution < 1.29 is 4.79 Å². The van der Waals surface area contributed by atoms with Crippen molar-refractivity contribution in [2.24, 2.45) is 0 Å². The Balaban J connectivity index is 1.81. The molecule has 0 bridgehead atoms. The number of aromatic nitrogens is 1. The fraction of sp³-hybridized carbons (Fsp3) is 0.412. The second-order valence-corrected chi connectivity index (χ2v) is 8.69. The lowest BCUT2D eigenvalue weighted by molar-refractivity contribution is 0.0769. The molecule has 0 aliphatic carbocycles. The number of halogens is 1. The Bertz CT molecular complexity index is 746. The van der Waals surface area contributed by atoms with E-state index in [0.717, 1.165) is 20.1 Å². The maximum atomic E-state index is 12.6. The van der Waals surface area contributed by atoms with Crippen molar-refractivity contribution in [3.8, 4) is 0 Å². The van der Waals surface area contributed by atoms with Crippen LogP contribution in [-0.2, 0) is 18.5 Å². The number of carbonyl (C=O) groups excluding carboxylic acids is 1. The van der Waals surface area contributed by atoms with Gasteiger partial charge in [-0.2, -0.15) is 0 Å². The zero-order valence-corrected chi connectivity index (χ0v) is 15.6. The first-order valence-corrected chi connectivity index (χ1v) is 8.91. The Labute approximate surface area is 143 Å². The summed E-state index contributed by atoms with van der Waals surface area (Å²) >= 11 is 5.02. The number of thiazole rings is 1. The fourth-order valence-electron chi connectivity index (χ4n) is 2.51. The predicted octanol–water partition coefficient (Wildman–Crippen LogP) is 4.67. The molecule has 0 spiro atoms. The first-order valence-electron chi connectivity index (χ1n) is 7.30. The van der Waals surface area contributed by atoms with Crippen LogP contribution in [-0.4, -0.2) is 15.8 Å². The summed E-state index contributed by atoms with van der Waals surface area (Å²) in [5.74, 6) is 0.116. The molecule has 1 aliphatic heterocycles. The van der Waals surface area contributed by atoms with Gasteiger partial charge in [0.15, 0.2) is 0 Å². The van der Waals surface area contributed by atoms with E-state index < -0.39 is 0 Å². The highest BCUT2D eigenvalue weighted by Gasteiger charge is 2.33. The minimum absolute atomic E-state index is 0.00239. The van der Waals surface area contributed by atoms with Gasteiger partial charge >= 0.3 is 0 Å². The van der Waals surface area contributed by atoms with Gasteiger partial charge in [-0.1, -0.05) is 42.8 Å². The van der Waals surface area contributed by atoms with Crippen LogP contribution in [0.5, 0.6) is 0 Å². The number of rotatable bonds is 2. The Kier molecular flexibility index (Phi) is 3.89. The molecule has 0 N–H and O–H groups in total. The molecular weight excluding hydrogens is 360 g/mol. The zero-order chi connectivity index (χ0) is 16.1. The number of aryl methyl sites for hydroxylation is 1. The van der Waals surface area contributed by atoms with Gasteiger partial charge in [0.1, 0.15) is 4.88 Å². The van der Waals surface area contributed by atoms with Crippen LogP contribution in [0, 0.1) is 6.92 Å². The molecule has 0 saturated carbocycles. The second kappa shape index (κ2) is 5.46. The summed E-state index contributed by atoms with van der Waals surface area (Å²) in [6.07, 6.45) is 0. The van der Waals surface area contributed by atoms with E-state index in [1.165, 1.54) is 11.1 Å². The highest BCUT2D eigenvalue weighted by molar-refractivity contribution is 9.10. The fourth-order valence-corrected chi connectivity index (χ4v) is 4.09. The Hall–Kier alpha value is -1.20. The van der Waals surface area contributed by atoms with Crippen LogP contribution in [0.2, 0.25) is 0 Å². The molecule has 1 aliphatic rings. The molecule has 5 heteroatoms. The van der Waals surface area contributed by atoms with E-state index in [0.29, 0.717) is 13.1 Å². The Morgan fingerprint density at radius 1 is 1.36 bits per heavy atom. The lowest BCUT2D eigenvalue weighted by Gasteiger charge is -2.18. The summed E-state index contributed by atoms with van der Waals surface area (Å²) in [5.41, 5.74) is 3.32. The van der Waals surface area contributed by atoms with Crippen molar-refractivity contribution in [3.63, 3.8) is 0 Å². The molecule has 1 amide bonds. The van der Waals surface area contributed by atoms with E-state index in [1.807, 2.05) is 11.0 Å². The summed E-state index contributed by atoms with van der Waals surface area (Å²) in [6.45, 7) is 9.74.